The minimum absolute atomic E-state index is 0. The van der Waals surface area contributed by atoms with Crippen LogP contribution in [0.15, 0.2) is 53.5 Å². The molecule has 0 aliphatic rings. The molecule has 0 saturated carbocycles. The summed E-state index contributed by atoms with van der Waals surface area (Å²) >= 11 is 5.91. The van der Waals surface area contributed by atoms with E-state index in [0.717, 1.165) is 5.56 Å². The fourth-order valence-corrected chi connectivity index (χ4v) is 2.51. The Morgan fingerprint density at radius 1 is 1.19 bits per heavy atom. The molecule has 0 radical (unpaired) electrons. The number of halogens is 3. The van der Waals surface area contributed by atoms with Crippen LogP contribution in [0.4, 0.5) is 4.39 Å². The highest BCUT2D eigenvalue weighted by atomic mass is 127. The van der Waals surface area contributed by atoms with Gasteiger partial charge in [-0.2, -0.15) is 0 Å². The quantitative estimate of drug-likeness (QED) is 0.318. The normalized spacial score (nSPS) is 13.5. The summed E-state index contributed by atoms with van der Waals surface area (Å²) in [5.41, 5.74) is 1.30. The highest BCUT2D eigenvalue weighted by Gasteiger charge is 2.13. The van der Waals surface area contributed by atoms with Crippen molar-refractivity contribution in [2.45, 2.75) is 26.0 Å². The van der Waals surface area contributed by atoms with Crippen LogP contribution in [0.25, 0.3) is 0 Å². The first kappa shape index (κ1) is 22.7. The van der Waals surface area contributed by atoms with Gasteiger partial charge in [0.2, 0.25) is 0 Å². The van der Waals surface area contributed by atoms with Crippen LogP contribution in [0.2, 0.25) is 5.02 Å². The fourth-order valence-electron chi connectivity index (χ4n) is 2.38. The molecule has 0 aromatic heterocycles. The molecule has 0 fully saturated rings. The van der Waals surface area contributed by atoms with Gasteiger partial charge in [-0.05, 0) is 37.6 Å². The second-order valence-corrected chi connectivity index (χ2v) is 6.11. The van der Waals surface area contributed by atoms with Crippen LogP contribution in [-0.2, 0) is 0 Å². The molecule has 0 spiro atoms. The van der Waals surface area contributed by atoms with Crippen LogP contribution < -0.4 is 10.6 Å². The number of nitrogens with zero attached hydrogens (tertiary/aromatic N) is 1. The van der Waals surface area contributed by atoms with Gasteiger partial charge >= 0.3 is 0 Å². The van der Waals surface area contributed by atoms with Crippen molar-refractivity contribution in [2.24, 2.45) is 4.99 Å². The van der Waals surface area contributed by atoms with Crippen molar-refractivity contribution in [2.75, 3.05) is 13.1 Å². The maximum Gasteiger partial charge on any atom is 0.191 e. The second-order valence-electron chi connectivity index (χ2n) is 5.67. The maximum absolute atomic E-state index is 13.7. The van der Waals surface area contributed by atoms with Gasteiger partial charge in [-0.1, -0.05) is 41.9 Å². The van der Waals surface area contributed by atoms with Gasteiger partial charge in [-0.15, -0.1) is 24.0 Å². The van der Waals surface area contributed by atoms with E-state index in [1.165, 1.54) is 6.07 Å². The number of aliphatic hydroxyl groups excluding tert-OH is 1. The van der Waals surface area contributed by atoms with Crippen molar-refractivity contribution in [3.8, 4) is 0 Å². The Morgan fingerprint density at radius 3 is 2.46 bits per heavy atom. The summed E-state index contributed by atoms with van der Waals surface area (Å²) < 4.78 is 13.7. The van der Waals surface area contributed by atoms with E-state index in [0.29, 0.717) is 17.5 Å². The molecule has 2 aromatic rings. The molecular formula is C19H24ClFIN3O. The molecule has 26 heavy (non-hydrogen) atoms. The van der Waals surface area contributed by atoms with Crippen molar-refractivity contribution < 1.29 is 9.50 Å². The first-order chi connectivity index (χ1) is 12.0. The van der Waals surface area contributed by atoms with Gasteiger partial charge in [0.05, 0.1) is 12.6 Å². The van der Waals surface area contributed by atoms with Crippen molar-refractivity contribution in [3.63, 3.8) is 0 Å². The Hall–Kier alpha value is -1.38. The Bertz CT molecular complexity index is 712. The van der Waals surface area contributed by atoms with E-state index in [4.69, 9.17) is 11.6 Å². The molecule has 0 aliphatic carbocycles. The summed E-state index contributed by atoms with van der Waals surface area (Å²) in [6, 6.07) is 13.7. The van der Waals surface area contributed by atoms with Crippen molar-refractivity contribution in [1.29, 1.82) is 0 Å². The first-order valence-electron chi connectivity index (χ1n) is 8.24. The van der Waals surface area contributed by atoms with Gasteiger partial charge in [0.25, 0.3) is 0 Å². The maximum atomic E-state index is 13.7. The molecule has 0 bridgehead atoms. The van der Waals surface area contributed by atoms with Gasteiger partial charge in [0.1, 0.15) is 11.9 Å². The summed E-state index contributed by atoms with van der Waals surface area (Å²) in [6.45, 7) is 4.69. The molecule has 2 aromatic carbocycles. The van der Waals surface area contributed by atoms with E-state index in [2.05, 4.69) is 15.6 Å². The number of aliphatic imine (C=N–C) groups is 1. The molecule has 3 N–H and O–H groups in total. The summed E-state index contributed by atoms with van der Waals surface area (Å²) in [7, 11) is 0. The zero-order valence-electron chi connectivity index (χ0n) is 14.7. The lowest BCUT2D eigenvalue weighted by Gasteiger charge is -2.19. The number of nitrogens with one attached hydrogen (secondary N) is 2. The zero-order chi connectivity index (χ0) is 18.2. The van der Waals surface area contributed by atoms with E-state index in [9.17, 15) is 9.50 Å². The molecule has 2 rings (SSSR count). The third-order valence-corrected chi connectivity index (χ3v) is 4.01. The lowest BCUT2D eigenvalue weighted by Crippen LogP contribution is -2.39. The minimum atomic E-state index is -0.998. The first-order valence-corrected chi connectivity index (χ1v) is 8.61. The second kappa shape index (κ2) is 11.4. The summed E-state index contributed by atoms with van der Waals surface area (Å²) in [5.74, 6) is 0.123. The molecule has 0 amide bonds. The van der Waals surface area contributed by atoms with Gasteiger partial charge in [-0.25, -0.2) is 4.39 Å². The molecule has 0 aliphatic heterocycles. The van der Waals surface area contributed by atoms with Crippen molar-refractivity contribution in [3.05, 3.63) is 70.5 Å². The summed E-state index contributed by atoms with van der Waals surface area (Å²) in [5, 5.41) is 17.3. The fraction of sp³-hybridized carbons (Fsp3) is 0.316. The van der Waals surface area contributed by atoms with Crippen LogP contribution in [0.1, 0.15) is 37.1 Å². The van der Waals surface area contributed by atoms with Crippen LogP contribution in [-0.4, -0.2) is 24.2 Å². The van der Waals surface area contributed by atoms with Gasteiger partial charge in [0, 0.05) is 17.1 Å². The van der Waals surface area contributed by atoms with Gasteiger partial charge in [0.15, 0.2) is 5.96 Å². The number of hydrogen-bond acceptors (Lipinski definition) is 2. The molecule has 2 atom stereocenters. The lowest BCUT2D eigenvalue weighted by molar-refractivity contribution is 0.182. The monoisotopic (exact) mass is 491 g/mol. The molecule has 142 valence electrons. The molecule has 2 unspecified atom stereocenters. The van der Waals surface area contributed by atoms with E-state index in [1.807, 2.05) is 38.1 Å². The number of rotatable bonds is 6. The minimum Gasteiger partial charge on any atom is -0.386 e. The highest BCUT2D eigenvalue weighted by Crippen LogP contribution is 2.18. The zero-order valence-corrected chi connectivity index (χ0v) is 17.8. The average molecular weight is 492 g/mol. The van der Waals surface area contributed by atoms with E-state index in [1.54, 1.807) is 18.2 Å². The predicted octanol–water partition coefficient (Wildman–Crippen LogP) is 4.45. The Labute approximate surface area is 175 Å². The summed E-state index contributed by atoms with van der Waals surface area (Å²) in [6.07, 6.45) is -0.998. The third kappa shape index (κ3) is 6.74. The third-order valence-electron chi connectivity index (χ3n) is 3.75. The molecule has 0 saturated heterocycles. The SMILES string of the molecule is CCNC(=NCC(O)c1ccccc1F)NC(C)c1ccc(Cl)cc1.I. The number of guanidine groups is 1. The van der Waals surface area contributed by atoms with Crippen LogP contribution >= 0.6 is 35.6 Å². The van der Waals surface area contributed by atoms with E-state index in [-0.39, 0.29) is 42.1 Å². The number of benzene rings is 2. The lowest BCUT2D eigenvalue weighted by atomic mass is 10.1. The number of hydrogen-bond donors (Lipinski definition) is 3. The van der Waals surface area contributed by atoms with E-state index < -0.39 is 11.9 Å². The Morgan fingerprint density at radius 2 is 1.85 bits per heavy atom. The largest absolute Gasteiger partial charge is 0.386 e. The average Bonchev–Trinajstić information content (AvgIpc) is 2.60. The highest BCUT2D eigenvalue weighted by molar-refractivity contribution is 14.0. The molecular weight excluding hydrogens is 468 g/mol. The van der Waals surface area contributed by atoms with Gasteiger partial charge in [-0.3, -0.25) is 4.99 Å². The smallest absolute Gasteiger partial charge is 0.191 e. The Kier molecular flexibility index (Phi) is 9.90. The van der Waals surface area contributed by atoms with E-state index >= 15 is 0 Å². The number of aliphatic hydroxyl groups is 1. The standard InChI is InChI=1S/C19H23ClFN3O.HI/c1-3-22-19(24-13(2)14-8-10-15(20)11-9-14)23-12-18(25)16-6-4-5-7-17(16)21;/h4-11,13,18,25H,3,12H2,1-2H3,(H2,22,23,24);1H. The predicted molar refractivity (Wildman–Crippen MR) is 116 cm³/mol. The van der Waals surface area contributed by atoms with Gasteiger partial charge < -0.3 is 15.7 Å². The van der Waals surface area contributed by atoms with Crippen LogP contribution in [0.3, 0.4) is 0 Å². The molecule has 4 nitrogen and oxygen atoms in total. The van der Waals surface area contributed by atoms with Crippen molar-refractivity contribution in [1.82, 2.24) is 10.6 Å². The van der Waals surface area contributed by atoms with Crippen LogP contribution in [0, 0.1) is 5.82 Å². The van der Waals surface area contributed by atoms with Crippen molar-refractivity contribution >= 4 is 41.5 Å². The topological polar surface area (TPSA) is 56.7 Å². The van der Waals surface area contributed by atoms with Crippen LogP contribution in [0.5, 0.6) is 0 Å². The molecule has 0 heterocycles. The summed E-state index contributed by atoms with van der Waals surface area (Å²) in [4.78, 5) is 4.37. The molecule has 7 heteroatoms. The Balaban J connectivity index is 0.00000338.